The van der Waals surface area contributed by atoms with Crippen LogP contribution in [0, 0.1) is 13.8 Å². The maximum Gasteiger partial charge on any atom is 0.161 e. The van der Waals surface area contributed by atoms with E-state index in [9.17, 15) is 0 Å². The molecule has 1 radical (unpaired) electrons. The van der Waals surface area contributed by atoms with Crippen molar-refractivity contribution in [1.82, 2.24) is 9.99 Å². The van der Waals surface area contributed by atoms with Crippen molar-refractivity contribution >= 4 is 17.4 Å². The van der Waals surface area contributed by atoms with Gasteiger partial charge in [-0.2, -0.15) is 5.43 Å². The Morgan fingerprint density at radius 1 is 1.38 bits per heavy atom. The van der Waals surface area contributed by atoms with E-state index in [0.29, 0.717) is 0 Å². The predicted octanol–water partition coefficient (Wildman–Crippen LogP) is 2.05. The lowest BCUT2D eigenvalue weighted by Gasteiger charge is -2.01. The number of nitrogens with zero attached hydrogens (tertiary/aromatic N) is 3. The third-order valence-electron chi connectivity index (χ3n) is 2.05. The molecule has 3 nitrogen and oxygen atoms in total. The van der Waals surface area contributed by atoms with E-state index >= 15 is 0 Å². The van der Waals surface area contributed by atoms with E-state index in [-0.39, 0.29) is 0 Å². The van der Waals surface area contributed by atoms with Crippen molar-refractivity contribution in [3.63, 3.8) is 0 Å². The Hall–Kier alpha value is -1.22. The monoisotopic (exact) mass is 194 g/mol. The first-order chi connectivity index (χ1) is 6.20. The fraction of sp³-hybridized carbons (Fsp3) is 0.222. The third-order valence-corrected chi connectivity index (χ3v) is 2.62. The smallest absolute Gasteiger partial charge is 0.161 e. The zero-order valence-corrected chi connectivity index (χ0v) is 8.21. The van der Waals surface area contributed by atoms with Crippen molar-refractivity contribution in [2.75, 3.05) is 0 Å². The molecule has 0 N–H and O–H groups in total. The highest BCUT2D eigenvalue weighted by molar-refractivity contribution is 6.32. The van der Waals surface area contributed by atoms with Crippen LogP contribution in [0.5, 0.6) is 0 Å². The lowest BCUT2D eigenvalue weighted by Crippen LogP contribution is -2.07. The van der Waals surface area contributed by atoms with Gasteiger partial charge in [0.05, 0.1) is 11.2 Å². The first-order valence-corrected chi connectivity index (χ1v) is 4.36. The molecular formula is C9H9ClN3. The summed E-state index contributed by atoms with van der Waals surface area (Å²) < 4.78 is 1.94. The minimum absolute atomic E-state index is 0.794. The first kappa shape index (κ1) is 8.38. The highest BCUT2D eigenvalue weighted by Crippen LogP contribution is 2.22. The van der Waals surface area contributed by atoms with Gasteiger partial charge in [-0.3, -0.25) is 0 Å². The maximum absolute atomic E-state index is 6.05. The molecule has 1 aromatic heterocycles. The van der Waals surface area contributed by atoms with E-state index in [1.165, 1.54) is 0 Å². The predicted molar refractivity (Wildman–Crippen MR) is 53.0 cm³/mol. The fourth-order valence-corrected chi connectivity index (χ4v) is 1.47. The molecule has 0 bridgehead atoms. The highest BCUT2D eigenvalue weighted by Gasteiger charge is 2.11. The van der Waals surface area contributed by atoms with Crippen LogP contribution in [0.3, 0.4) is 0 Å². The van der Waals surface area contributed by atoms with E-state index in [2.05, 4.69) is 10.5 Å². The molecule has 2 rings (SSSR count). The Balaban J connectivity index is 2.52. The average molecular weight is 195 g/mol. The van der Waals surface area contributed by atoms with Crippen molar-refractivity contribution < 1.29 is 0 Å². The second-order valence-electron chi connectivity index (χ2n) is 2.97. The lowest BCUT2D eigenvalue weighted by molar-refractivity contribution is 0.949. The van der Waals surface area contributed by atoms with Crippen LogP contribution in [-0.2, 0) is 0 Å². The topological polar surface area (TPSA) is 31.4 Å². The van der Waals surface area contributed by atoms with Crippen LogP contribution < -0.4 is 5.43 Å². The Morgan fingerprint density at radius 2 is 2.15 bits per heavy atom. The third kappa shape index (κ3) is 1.25. The summed E-state index contributed by atoms with van der Waals surface area (Å²) in [6.07, 6.45) is 5.47. The number of halogens is 1. The summed E-state index contributed by atoms with van der Waals surface area (Å²) in [7, 11) is 0. The van der Waals surface area contributed by atoms with E-state index in [0.717, 1.165) is 22.1 Å². The fourth-order valence-electron chi connectivity index (χ4n) is 1.33. The molecular weight excluding hydrogens is 186 g/mol. The second kappa shape index (κ2) is 2.92. The molecule has 4 heteroatoms. The van der Waals surface area contributed by atoms with Crippen LogP contribution >= 0.6 is 11.6 Å². The summed E-state index contributed by atoms with van der Waals surface area (Å²) in [4.78, 5) is 0. The van der Waals surface area contributed by atoms with E-state index in [1.807, 2.05) is 30.7 Å². The number of aryl methyl sites for hydroxylation is 1. The van der Waals surface area contributed by atoms with Crippen molar-refractivity contribution in [3.8, 4) is 0 Å². The van der Waals surface area contributed by atoms with Crippen molar-refractivity contribution in [2.45, 2.75) is 13.8 Å². The highest BCUT2D eigenvalue weighted by atomic mass is 35.5. The van der Waals surface area contributed by atoms with Crippen LogP contribution in [0.4, 0.5) is 0 Å². The molecule has 1 aliphatic heterocycles. The summed E-state index contributed by atoms with van der Waals surface area (Å²) in [5, 5.41) is 4.75. The van der Waals surface area contributed by atoms with Gasteiger partial charge in [0.25, 0.3) is 0 Å². The zero-order chi connectivity index (χ0) is 9.42. The van der Waals surface area contributed by atoms with Gasteiger partial charge >= 0.3 is 0 Å². The van der Waals surface area contributed by atoms with Crippen molar-refractivity contribution in [2.24, 2.45) is 5.10 Å². The van der Waals surface area contributed by atoms with Gasteiger partial charge in [-0.25, -0.2) is 0 Å². The van der Waals surface area contributed by atoms with Crippen molar-refractivity contribution in [1.29, 1.82) is 0 Å². The molecule has 0 saturated heterocycles. The minimum atomic E-state index is 0.794. The molecule has 0 unspecified atom stereocenters. The number of aromatic nitrogens is 1. The van der Waals surface area contributed by atoms with Crippen LogP contribution in [0.1, 0.15) is 11.3 Å². The van der Waals surface area contributed by atoms with Crippen molar-refractivity contribution in [3.05, 3.63) is 34.8 Å². The van der Waals surface area contributed by atoms with E-state index in [1.54, 1.807) is 6.20 Å². The van der Waals surface area contributed by atoms with E-state index < -0.39 is 0 Å². The number of hydrogen-bond donors (Lipinski definition) is 0. The van der Waals surface area contributed by atoms with Gasteiger partial charge in [0.2, 0.25) is 0 Å². The van der Waals surface area contributed by atoms with Crippen LogP contribution in [-0.4, -0.2) is 10.4 Å². The normalized spacial score (nSPS) is 14.5. The Kier molecular flexibility index (Phi) is 1.88. The summed E-state index contributed by atoms with van der Waals surface area (Å²) in [5.41, 5.74) is 5.82. The summed E-state index contributed by atoms with van der Waals surface area (Å²) >= 11 is 6.05. The summed E-state index contributed by atoms with van der Waals surface area (Å²) in [5.74, 6) is 0.813. The second-order valence-corrected chi connectivity index (χ2v) is 3.35. The van der Waals surface area contributed by atoms with Gasteiger partial charge in [-0.1, -0.05) is 11.6 Å². The Bertz CT molecular complexity index is 401. The number of allylic oxidation sites excluding steroid dienone is 1. The molecule has 2 heterocycles. The van der Waals surface area contributed by atoms with Gasteiger partial charge in [-0.15, -0.1) is 5.10 Å². The summed E-state index contributed by atoms with van der Waals surface area (Å²) in [6.45, 7) is 3.94. The molecule has 67 valence electrons. The maximum atomic E-state index is 6.05. The average Bonchev–Trinajstić information content (AvgIpc) is 2.70. The zero-order valence-electron chi connectivity index (χ0n) is 7.45. The van der Waals surface area contributed by atoms with Gasteiger partial charge < -0.3 is 4.57 Å². The van der Waals surface area contributed by atoms with Gasteiger partial charge in [0.1, 0.15) is 0 Å². The number of rotatable bonds is 0. The molecule has 0 aromatic carbocycles. The van der Waals surface area contributed by atoms with Gasteiger partial charge in [0.15, 0.2) is 5.84 Å². The minimum Gasteiger partial charge on any atom is -0.303 e. The summed E-state index contributed by atoms with van der Waals surface area (Å²) in [6, 6.07) is 0. The standard InChI is InChI=1S/C9H9ClN3/c1-6-5-13(7(2)9(6)10)8-3-4-11-12-8/h3-5H,1-2H3. The number of hydrogen-bond acceptors (Lipinski definition) is 1. The van der Waals surface area contributed by atoms with Crippen LogP contribution in [0.15, 0.2) is 23.6 Å². The lowest BCUT2D eigenvalue weighted by atomic mass is 10.3. The molecule has 0 saturated carbocycles. The van der Waals surface area contributed by atoms with Gasteiger partial charge in [-0.05, 0) is 19.4 Å². The molecule has 0 atom stereocenters. The van der Waals surface area contributed by atoms with Crippen LogP contribution in [0.25, 0.3) is 0 Å². The van der Waals surface area contributed by atoms with E-state index in [4.69, 9.17) is 11.6 Å². The molecule has 0 amide bonds. The molecule has 1 aromatic rings. The van der Waals surface area contributed by atoms with Gasteiger partial charge in [0, 0.05) is 18.0 Å². The molecule has 1 aliphatic rings. The Labute approximate surface area is 81.7 Å². The molecule has 0 fully saturated rings. The quantitative estimate of drug-likeness (QED) is 0.606. The molecule has 0 spiro atoms. The SMILES string of the molecule is Cc1cn(C2=N[N]C=C2)c(C)c1Cl. The largest absolute Gasteiger partial charge is 0.303 e. The first-order valence-electron chi connectivity index (χ1n) is 3.99. The Morgan fingerprint density at radius 3 is 2.62 bits per heavy atom. The molecule has 0 aliphatic carbocycles. The van der Waals surface area contributed by atoms with Crippen LogP contribution in [0.2, 0.25) is 5.02 Å². The molecule has 13 heavy (non-hydrogen) atoms.